The average Bonchev–Trinajstić information content (AvgIpc) is 2.24. The molecule has 0 amide bonds. The Labute approximate surface area is 89.2 Å². The Bertz CT molecular complexity index is 158. The van der Waals surface area contributed by atoms with Gasteiger partial charge in [-0.05, 0) is 25.1 Å². The van der Waals surface area contributed by atoms with Crippen molar-refractivity contribution in [3.8, 4) is 0 Å². The van der Waals surface area contributed by atoms with Gasteiger partial charge in [0.1, 0.15) is 6.29 Å². The molecule has 0 aliphatic rings. The van der Waals surface area contributed by atoms with Gasteiger partial charge in [-0.2, -0.15) is 0 Å². The summed E-state index contributed by atoms with van der Waals surface area (Å²) in [4.78, 5) is 10.6. The predicted octanol–water partition coefficient (Wildman–Crippen LogP) is 3.23. The van der Waals surface area contributed by atoms with Crippen LogP contribution in [0, 0.1) is 5.92 Å². The van der Waals surface area contributed by atoms with Crippen molar-refractivity contribution in [2.75, 3.05) is 0 Å². The Morgan fingerprint density at radius 3 is 1.86 bits per heavy atom. The van der Waals surface area contributed by atoms with E-state index < -0.39 is 8.32 Å². The fraction of sp³-hybridized carbons (Fsp3) is 0.909. The van der Waals surface area contributed by atoms with Gasteiger partial charge in [-0.25, -0.2) is 0 Å². The van der Waals surface area contributed by atoms with Crippen LogP contribution in [0.1, 0.15) is 34.6 Å². The molecular weight excluding hydrogens is 192 g/mol. The van der Waals surface area contributed by atoms with Gasteiger partial charge in [-0.1, -0.05) is 27.7 Å². The Kier molecular flexibility index (Phi) is 6.28. The first-order valence-electron chi connectivity index (χ1n) is 5.68. The van der Waals surface area contributed by atoms with Crippen molar-refractivity contribution in [2.45, 2.75) is 58.9 Å². The fourth-order valence-electron chi connectivity index (χ4n) is 1.61. The first-order valence-corrected chi connectivity index (χ1v) is 8.21. The van der Waals surface area contributed by atoms with E-state index in [-0.39, 0.29) is 12.0 Å². The van der Waals surface area contributed by atoms with Gasteiger partial charge >= 0.3 is 0 Å². The molecule has 0 unspecified atom stereocenters. The first-order chi connectivity index (χ1) is 6.55. The third-order valence-corrected chi connectivity index (χ3v) is 8.06. The van der Waals surface area contributed by atoms with E-state index in [0.717, 1.165) is 24.4 Å². The van der Waals surface area contributed by atoms with Crippen LogP contribution in [0.15, 0.2) is 0 Å². The van der Waals surface area contributed by atoms with Crippen LogP contribution in [-0.2, 0) is 9.22 Å². The molecule has 0 spiro atoms. The van der Waals surface area contributed by atoms with E-state index in [2.05, 4.69) is 20.8 Å². The summed E-state index contributed by atoms with van der Waals surface area (Å²) in [6.45, 7) is 10.6. The number of hydrogen-bond donors (Lipinski definition) is 0. The van der Waals surface area contributed by atoms with Gasteiger partial charge in [-0.3, -0.25) is 0 Å². The second-order valence-electron chi connectivity index (χ2n) is 4.06. The lowest BCUT2D eigenvalue weighted by molar-refractivity contribution is -0.112. The Hall–Kier alpha value is -0.153. The number of carbonyl (C=O) groups is 1. The third kappa shape index (κ3) is 3.54. The molecule has 0 aromatic heterocycles. The van der Waals surface area contributed by atoms with Crippen LogP contribution in [0.25, 0.3) is 0 Å². The van der Waals surface area contributed by atoms with Crippen LogP contribution < -0.4 is 0 Å². The van der Waals surface area contributed by atoms with Gasteiger partial charge in [0.25, 0.3) is 0 Å². The molecule has 0 saturated heterocycles. The molecule has 0 radical (unpaired) electrons. The minimum Gasteiger partial charge on any atom is -0.414 e. The van der Waals surface area contributed by atoms with Crippen molar-refractivity contribution in [1.82, 2.24) is 0 Å². The van der Waals surface area contributed by atoms with Crippen molar-refractivity contribution < 1.29 is 9.22 Å². The summed E-state index contributed by atoms with van der Waals surface area (Å²) in [7, 11) is -1.52. The van der Waals surface area contributed by atoms with Crippen LogP contribution in [0.3, 0.4) is 0 Å². The van der Waals surface area contributed by atoms with Gasteiger partial charge in [0.2, 0.25) is 0 Å². The molecular formula is C11H24O2Si. The first kappa shape index (κ1) is 13.8. The molecule has 0 aliphatic carbocycles. The second-order valence-corrected chi connectivity index (χ2v) is 8.78. The van der Waals surface area contributed by atoms with E-state index in [1.165, 1.54) is 0 Å². The number of rotatable bonds is 7. The number of aldehydes is 1. The summed E-state index contributed by atoms with van der Waals surface area (Å²) in [6.07, 6.45) is 1.07. The minimum absolute atomic E-state index is 0.0199. The maximum absolute atomic E-state index is 10.6. The van der Waals surface area contributed by atoms with Crippen molar-refractivity contribution in [2.24, 2.45) is 5.92 Å². The smallest absolute Gasteiger partial charge is 0.192 e. The van der Waals surface area contributed by atoms with Gasteiger partial charge in [-0.15, -0.1) is 0 Å². The fourth-order valence-corrected chi connectivity index (χ4v) is 4.62. The Morgan fingerprint density at radius 2 is 1.57 bits per heavy atom. The zero-order valence-corrected chi connectivity index (χ0v) is 11.2. The molecule has 3 heteroatoms. The molecule has 0 aromatic rings. The summed E-state index contributed by atoms with van der Waals surface area (Å²) < 4.78 is 6.15. The second kappa shape index (κ2) is 6.35. The maximum Gasteiger partial charge on any atom is 0.192 e. The molecule has 84 valence electrons. The van der Waals surface area contributed by atoms with E-state index in [9.17, 15) is 4.79 Å². The molecule has 2 nitrogen and oxygen atoms in total. The lowest BCUT2D eigenvalue weighted by Gasteiger charge is -2.32. The summed E-state index contributed by atoms with van der Waals surface area (Å²) >= 11 is 0. The Balaban J connectivity index is 4.35. The van der Waals surface area contributed by atoms with Gasteiger partial charge in [0.15, 0.2) is 8.32 Å². The summed E-state index contributed by atoms with van der Waals surface area (Å²) in [5, 5.41) is 0. The molecule has 0 saturated carbocycles. The molecule has 0 heterocycles. The lowest BCUT2D eigenvalue weighted by Crippen LogP contribution is -2.41. The van der Waals surface area contributed by atoms with E-state index >= 15 is 0 Å². The predicted molar refractivity (Wildman–Crippen MR) is 63.0 cm³/mol. The van der Waals surface area contributed by atoms with Crippen LogP contribution in [0.2, 0.25) is 18.1 Å². The zero-order chi connectivity index (χ0) is 11.2. The van der Waals surface area contributed by atoms with Crippen LogP contribution in [0.4, 0.5) is 0 Å². The lowest BCUT2D eigenvalue weighted by atomic mass is 10.1. The molecule has 2 atom stereocenters. The minimum atomic E-state index is -1.52. The van der Waals surface area contributed by atoms with E-state index in [0.29, 0.717) is 0 Å². The maximum atomic E-state index is 10.6. The van der Waals surface area contributed by atoms with Crippen LogP contribution in [-0.4, -0.2) is 20.7 Å². The monoisotopic (exact) mass is 216 g/mol. The summed E-state index contributed by atoms with van der Waals surface area (Å²) in [5.74, 6) is 0.0199. The molecule has 0 fully saturated rings. The quantitative estimate of drug-likeness (QED) is 0.482. The standard InChI is InChI=1S/C11H24O2Si/c1-6-14(7-2,8-3)13-11(5)10(4)9-12/h9-11H,6-8H2,1-5H3/t10-,11+/m0/s1. The molecule has 0 aliphatic heterocycles. The molecule has 14 heavy (non-hydrogen) atoms. The van der Waals surface area contributed by atoms with Gasteiger partial charge < -0.3 is 9.22 Å². The van der Waals surface area contributed by atoms with Crippen LogP contribution >= 0.6 is 0 Å². The molecule has 0 rings (SSSR count). The van der Waals surface area contributed by atoms with E-state index in [1.54, 1.807) is 0 Å². The normalized spacial score (nSPS) is 16.4. The summed E-state index contributed by atoms with van der Waals surface area (Å²) in [6, 6.07) is 3.45. The summed E-state index contributed by atoms with van der Waals surface area (Å²) in [5.41, 5.74) is 0. The number of hydrogen-bond acceptors (Lipinski definition) is 2. The highest BCUT2D eigenvalue weighted by molar-refractivity contribution is 6.73. The third-order valence-electron chi connectivity index (χ3n) is 3.32. The molecule has 0 bridgehead atoms. The van der Waals surface area contributed by atoms with Gasteiger partial charge in [0, 0.05) is 5.92 Å². The van der Waals surface area contributed by atoms with Crippen LogP contribution in [0.5, 0.6) is 0 Å². The van der Waals surface area contributed by atoms with Crippen molar-refractivity contribution in [3.63, 3.8) is 0 Å². The largest absolute Gasteiger partial charge is 0.414 e. The van der Waals surface area contributed by atoms with Crippen molar-refractivity contribution >= 4 is 14.6 Å². The average molecular weight is 216 g/mol. The highest BCUT2D eigenvalue weighted by atomic mass is 28.4. The number of carbonyl (C=O) groups excluding carboxylic acids is 1. The van der Waals surface area contributed by atoms with Crippen molar-refractivity contribution in [3.05, 3.63) is 0 Å². The zero-order valence-electron chi connectivity index (χ0n) is 10.2. The SMILES string of the molecule is CC[Si](CC)(CC)O[C@H](C)[C@@H](C)C=O. The Morgan fingerprint density at radius 1 is 1.14 bits per heavy atom. The topological polar surface area (TPSA) is 26.3 Å². The van der Waals surface area contributed by atoms with Gasteiger partial charge in [0.05, 0.1) is 6.10 Å². The van der Waals surface area contributed by atoms with E-state index in [4.69, 9.17) is 4.43 Å². The van der Waals surface area contributed by atoms with Crippen molar-refractivity contribution in [1.29, 1.82) is 0 Å². The highest BCUT2D eigenvalue weighted by Gasteiger charge is 2.31. The van der Waals surface area contributed by atoms with E-state index in [1.807, 2.05) is 13.8 Å². The molecule has 0 N–H and O–H groups in total. The molecule has 0 aromatic carbocycles. The highest BCUT2D eigenvalue weighted by Crippen LogP contribution is 2.24.